The van der Waals surface area contributed by atoms with E-state index in [2.05, 4.69) is 0 Å². The lowest BCUT2D eigenvalue weighted by atomic mass is 9.59. The van der Waals surface area contributed by atoms with Gasteiger partial charge in [0.2, 0.25) is 6.10 Å². The number of aliphatic hydroxyl groups excluding tert-OH is 1. The summed E-state index contributed by atoms with van der Waals surface area (Å²) in [5.74, 6) is -5.60. The summed E-state index contributed by atoms with van der Waals surface area (Å²) in [5.41, 5.74) is -2.73. The van der Waals surface area contributed by atoms with Crippen LogP contribution < -0.4 is 0 Å². The summed E-state index contributed by atoms with van der Waals surface area (Å²) in [6.07, 6.45) is -7.71. The monoisotopic (exact) mass is 274 g/mol. The highest BCUT2D eigenvalue weighted by Gasteiger charge is 2.69. The van der Waals surface area contributed by atoms with E-state index in [1.165, 1.54) is 0 Å². The van der Waals surface area contributed by atoms with E-state index in [-0.39, 0.29) is 12.3 Å². The predicted molar refractivity (Wildman–Crippen MR) is 52.0 cm³/mol. The first-order valence-electron chi connectivity index (χ1n) is 5.94. The standard InChI is InChI=1S/C11H15F5O2/c12-10(13,8(17)11(14,15)16)9(18)5-6-1-3-7(9)4-2-6/h6-8,17-18H,1-5H2. The van der Waals surface area contributed by atoms with E-state index >= 15 is 0 Å². The molecule has 106 valence electrons. The zero-order valence-electron chi connectivity index (χ0n) is 9.55. The number of fused-ring (bicyclic) bond motifs is 3. The first-order valence-corrected chi connectivity index (χ1v) is 5.94. The van der Waals surface area contributed by atoms with Crippen LogP contribution in [0.2, 0.25) is 0 Å². The molecule has 0 aliphatic heterocycles. The molecule has 0 radical (unpaired) electrons. The summed E-state index contributed by atoms with van der Waals surface area (Å²) < 4.78 is 64.5. The molecule has 0 aromatic carbocycles. The fourth-order valence-electron chi connectivity index (χ4n) is 3.30. The molecule has 0 saturated heterocycles. The Balaban J connectivity index is 2.28. The first kappa shape index (κ1) is 14.0. The minimum absolute atomic E-state index is 0.175. The highest BCUT2D eigenvalue weighted by molar-refractivity contribution is 5.08. The third kappa shape index (κ3) is 1.91. The lowest BCUT2D eigenvalue weighted by Crippen LogP contribution is -2.65. The van der Waals surface area contributed by atoms with Crippen LogP contribution in [-0.2, 0) is 0 Å². The predicted octanol–water partition coefficient (Wildman–Crippen LogP) is 2.49. The third-order valence-corrected chi connectivity index (χ3v) is 4.35. The summed E-state index contributed by atoms with van der Waals surface area (Å²) in [6, 6.07) is 0. The number of aliphatic hydroxyl groups is 2. The van der Waals surface area contributed by atoms with Gasteiger partial charge >= 0.3 is 12.1 Å². The fraction of sp³-hybridized carbons (Fsp3) is 1.00. The minimum atomic E-state index is -5.43. The van der Waals surface area contributed by atoms with Crippen molar-refractivity contribution in [2.75, 3.05) is 0 Å². The quantitative estimate of drug-likeness (QED) is 0.759. The second-order valence-electron chi connectivity index (χ2n) is 5.41. The van der Waals surface area contributed by atoms with Gasteiger partial charge in [0.15, 0.2) is 0 Å². The molecule has 3 fully saturated rings. The summed E-state index contributed by atoms with van der Waals surface area (Å²) in [4.78, 5) is 0. The van der Waals surface area contributed by atoms with Gasteiger partial charge in [-0.05, 0) is 43.9 Å². The molecule has 7 heteroatoms. The molecular weight excluding hydrogens is 259 g/mol. The van der Waals surface area contributed by atoms with Crippen LogP contribution in [0.15, 0.2) is 0 Å². The van der Waals surface area contributed by atoms with Crippen LogP contribution in [-0.4, -0.2) is 34.0 Å². The van der Waals surface area contributed by atoms with E-state index in [0.717, 1.165) is 0 Å². The van der Waals surface area contributed by atoms with Gasteiger partial charge in [0.1, 0.15) is 5.60 Å². The molecule has 2 unspecified atom stereocenters. The first-order chi connectivity index (χ1) is 8.09. The Morgan fingerprint density at radius 1 is 1.00 bits per heavy atom. The van der Waals surface area contributed by atoms with Crippen LogP contribution in [0.5, 0.6) is 0 Å². The number of halogens is 5. The van der Waals surface area contributed by atoms with Gasteiger partial charge < -0.3 is 10.2 Å². The fourth-order valence-corrected chi connectivity index (χ4v) is 3.30. The van der Waals surface area contributed by atoms with E-state index in [1.807, 2.05) is 0 Å². The molecule has 2 N–H and O–H groups in total. The molecule has 18 heavy (non-hydrogen) atoms. The Hall–Kier alpha value is -0.430. The summed E-state index contributed by atoms with van der Waals surface area (Å²) in [6.45, 7) is 0. The average Bonchev–Trinajstić information content (AvgIpc) is 2.27. The molecule has 3 aliphatic carbocycles. The van der Waals surface area contributed by atoms with Gasteiger partial charge in [0.05, 0.1) is 0 Å². The van der Waals surface area contributed by atoms with Gasteiger partial charge in [0.25, 0.3) is 0 Å². The van der Waals surface area contributed by atoms with Crippen LogP contribution in [0.25, 0.3) is 0 Å². The van der Waals surface area contributed by atoms with Gasteiger partial charge in [0, 0.05) is 0 Å². The Morgan fingerprint density at radius 2 is 1.50 bits per heavy atom. The number of hydrogen-bond acceptors (Lipinski definition) is 2. The van der Waals surface area contributed by atoms with Crippen molar-refractivity contribution < 1.29 is 32.2 Å². The Labute approximate surface area is 101 Å². The molecule has 0 amide bonds. The molecule has 3 saturated carbocycles. The summed E-state index contributed by atoms with van der Waals surface area (Å²) >= 11 is 0. The van der Waals surface area contributed by atoms with Crippen molar-refractivity contribution in [2.24, 2.45) is 11.8 Å². The molecule has 0 aromatic heterocycles. The Kier molecular flexibility index (Phi) is 3.13. The van der Waals surface area contributed by atoms with Crippen molar-refractivity contribution in [2.45, 2.75) is 55.9 Å². The second-order valence-corrected chi connectivity index (χ2v) is 5.41. The van der Waals surface area contributed by atoms with Crippen molar-refractivity contribution in [3.63, 3.8) is 0 Å². The molecule has 2 bridgehead atoms. The average molecular weight is 274 g/mol. The molecule has 3 aliphatic rings. The molecule has 0 aromatic rings. The molecule has 2 nitrogen and oxygen atoms in total. The van der Waals surface area contributed by atoms with Crippen molar-refractivity contribution in [3.8, 4) is 0 Å². The highest BCUT2D eigenvalue weighted by atomic mass is 19.4. The highest BCUT2D eigenvalue weighted by Crippen LogP contribution is 2.55. The normalized spacial score (nSPS) is 38.8. The third-order valence-electron chi connectivity index (χ3n) is 4.35. The molecule has 3 rings (SSSR count). The van der Waals surface area contributed by atoms with Gasteiger partial charge in [-0.2, -0.15) is 13.2 Å². The molecular formula is C11H15F5O2. The van der Waals surface area contributed by atoms with E-state index in [9.17, 15) is 27.1 Å². The van der Waals surface area contributed by atoms with Gasteiger partial charge in [-0.3, -0.25) is 0 Å². The topological polar surface area (TPSA) is 40.5 Å². The SMILES string of the molecule is OC(C(F)(F)F)C(F)(F)C1(O)CC2CCC1CC2. The van der Waals surface area contributed by atoms with E-state index in [0.29, 0.717) is 25.7 Å². The largest absolute Gasteiger partial charge is 0.420 e. The number of rotatable bonds is 2. The maximum atomic E-state index is 13.8. The van der Waals surface area contributed by atoms with Crippen LogP contribution in [0.3, 0.4) is 0 Å². The smallest absolute Gasteiger partial charge is 0.383 e. The Morgan fingerprint density at radius 3 is 1.83 bits per heavy atom. The van der Waals surface area contributed by atoms with Crippen molar-refractivity contribution >= 4 is 0 Å². The van der Waals surface area contributed by atoms with E-state index in [1.54, 1.807) is 0 Å². The van der Waals surface area contributed by atoms with E-state index in [4.69, 9.17) is 5.11 Å². The molecule has 0 heterocycles. The van der Waals surface area contributed by atoms with Crippen LogP contribution in [0, 0.1) is 11.8 Å². The summed E-state index contributed by atoms with van der Waals surface area (Å²) in [7, 11) is 0. The van der Waals surface area contributed by atoms with Crippen molar-refractivity contribution in [1.82, 2.24) is 0 Å². The lowest BCUT2D eigenvalue weighted by Gasteiger charge is -2.52. The molecule has 2 atom stereocenters. The van der Waals surface area contributed by atoms with Crippen molar-refractivity contribution in [1.29, 1.82) is 0 Å². The zero-order valence-corrected chi connectivity index (χ0v) is 9.55. The maximum absolute atomic E-state index is 13.8. The van der Waals surface area contributed by atoms with Gasteiger partial charge in [-0.25, -0.2) is 8.78 Å². The Bertz CT molecular complexity index is 322. The van der Waals surface area contributed by atoms with Crippen LogP contribution in [0.1, 0.15) is 32.1 Å². The maximum Gasteiger partial charge on any atom is 0.420 e. The van der Waals surface area contributed by atoms with E-state index < -0.39 is 29.7 Å². The second kappa shape index (κ2) is 4.03. The van der Waals surface area contributed by atoms with Gasteiger partial charge in [-0.1, -0.05) is 0 Å². The number of hydrogen-bond donors (Lipinski definition) is 2. The molecule has 0 spiro atoms. The zero-order chi connectivity index (χ0) is 13.8. The minimum Gasteiger partial charge on any atom is -0.383 e. The number of alkyl halides is 5. The van der Waals surface area contributed by atoms with Crippen molar-refractivity contribution in [3.05, 3.63) is 0 Å². The van der Waals surface area contributed by atoms with Gasteiger partial charge in [-0.15, -0.1) is 0 Å². The van der Waals surface area contributed by atoms with Crippen LogP contribution in [0.4, 0.5) is 22.0 Å². The summed E-state index contributed by atoms with van der Waals surface area (Å²) in [5, 5.41) is 18.8. The lowest BCUT2D eigenvalue weighted by molar-refractivity contribution is -0.334. The van der Waals surface area contributed by atoms with Crippen LogP contribution >= 0.6 is 0 Å².